The number of rotatable bonds is 5. The molecule has 0 spiro atoms. The highest BCUT2D eigenvalue weighted by Gasteiger charge is 2.32. The molecule has 0 fully saturated rings. The summed E-state index contributed by atoms with van der Waals surface area (Å²) in [6.45, 7) is 0.130. The summed E-state index contributed by atoms with van der Waals surface area (Å²) in [6.07, 6.45) is -1.49. The summed E-state index contributed by atoms with van der Waals surface area (Å²) < 4.78 is 45.1. The van der Waals surface area contributed by atoms with E-state index in [0.29, 0.717) is 5.88 Å². The fraction of sp³-hybridized carbons (Fsp3) is 0.273. The van der Waals surface area contributed by atoms with E-state index in [-0.39, 0.29) is 18.1 Å². The van der Waals surface area contributed by atoms with Gasteiger partial charge in [0.15, 0.2) is 11.5 Å². The largest absolute Gasteiger partial charge is 0.573 e. The van der Waals surface area contributed by atoms with Crippen LogP contribution in [0.5, 0.6) is 11.5 Å². The van der Waals surface area contributed by atoms with Gasteiger partial charge in [-0.25, -0.2) is 0 Å². The van der Waals surface area contributed by atoms with Crippen LogP contribution in [0, 0.1) is 0 Å². The van der Waals surface area contributed by atoms with Crippen LogP contribution in [0.25, 0.3) is 0 Å². The lowest BCUT2D eigenvalue weighted by atomic mass is 10.3. The third-order valence-electron chi connectivity index (χ3n) is 1.67. The van der Waals surface area contributed by atoms with Crippen LogP contribution in [0.3, 0.4) is 0 Å². The second kappa shape index (κ2) is 6.39. The molecule has 1 rings (SSSR count). The van der Waals surface area contributed by atoms with Crippen molar-refractivity contribution in [3.8, 4) is 11.5 Å². The molecule has 0 aliphatic heterocycles. The van der Waals surface area contributed by atoms with Crippen LogP contribution in [-0.4, -0.2) is 18.8 Å². The smallest absolute Gasteiger partial charge is 0.486 e. The highest BCUT2D eigenvalue weighted by molar-refractivity contribution is 6.18. The second-order valence-electron chi connectivity index (χ2n) is 2.93. The number of hydrogen-bond donors (Lipinski definition) is 0. The van der Waals surface area contributed by atoms with Crippen molar-refractivity contribution < 1.29 is 22.6 Å². The van der Waals surface area contributed by atoms with Crippen molar-refractivity contribution in [2.75, 3.05) is 12.5 Å². The minimum absolute atomic E-state index is 0.0315. The Kier molecular flexibility index (Phi) is 5.15. The molecular weight excluding hydrogens is 257 g/mol. The van der Waals surface area contributed by atoms with E-state index in [9.17, 15) is 13.2 Å². The van der Waals surface area contributed by atoms with Gasteiger partial charge in [0, 0.05) is 5.88 Å². The molecule has 0 atom stereocenters. The number of ether oxygens (including phenoxy) is 2. The van der Waals surface area contributed by atoms with Crippen LogP contribution in [0.1, 0.15) is 0 Å². The summed E-state index contributed by atoms with van der Waals surface area (Å²) in [4.78, 5) is 0. The van der Waals surface area contributed by atoms with Gasteiger partial charge in [0.05, 0.1) is 0 Å². The summed E-state index contributed by atoms with van der Waals surface area (Å²) in [5.74, 6) is -0.00679. The topological polar surface area (TPSA) is 18.5 Å². The van der Waals surface area contributed by atoms with Gasteiger partial charge in [-0.1, -0.05) is 24.3 Å². The molecule has 0 unspecified atom stereocenters. The van der Waals surface area contributed by atoms with Gasteiger partial charge in [-0.2, -0.15) is 0 Å². The van der Waals surface area contributed by atoms with Gasteiger partial charge < -0.3 is 9.47 Å². The monoisotopic (exact) mass is 266 g/mol. The van der Waals surface area contributed by atoms with Crippen molar-refractivity contribution in [2.45, 2.75) is 6.36 Å². The van der Waals surface area contributed by atoms with Gasteiger partial charge in [0.25, 0.3) is 0 Å². The molecule has 0 aliphatic carbocycles. The number of alkyl halides is 4. The Labute approximate surface area is 102 Å². The molecular formula is C11H10ClF3O2. The Balaban J connectivity index is 2.67. The molecule has 1 aromatic rings. The van der Waals surface area contributed by atoms with E-state index in [1.165, 1.54) is 18.2 Å². The zero-order valence-electron chi connectivity index (χ0n) is 8.71. The van der Waals surface area contributed by atoms with Crippen molar-refractivity contribution in [3.05, 3.63) is 36.4 Å². The molecule has 0 saturated heterocycles. The molecule has 0 aliphatic rings. The maximum Gasteiger partial charge on any atom is 0.573 e. The summed E-state index contributed by atoms with van der Waals surface area (Å²) in [5.41, 5.74) is 0. The third-order valence-corrected chi connectivity index (χ3v) is 1.84. The van der Waals surface area contributed by atoms with Crippen molar-refractivity contribution in [1.29, 1.82) is 0 Å². The predicted molar refractivity (Wildman–Crippen MR) is 58.5 cm³/mol. The predicted octanol–water partition coefficient (Wildman–Crippen LogP) is 3.76. The summed E-state index contributed by atoms with van der Waals surface area (Å²) in [6, 6.07) is 5.58. The van der Waals surface area contributed by atoms with E-state index in [1.807, 2.05) is 0 Å². The van der Waals surface area contributed by atoms with E-state index < -0.39 is 6.36 Å². The molecule has 2 nitrogen and oxygen atoms in total. The fourth-order valence-electron chi connectivity index (χ4n) is 1.05. The molecule has 0 saturated carbocycles. The van der Waals surface area contributed by atoms with E-state index in [1.54, 1.807) is 18.2 Å². The van der Waals surface area contributed by atoms with Crippen LogP contribution in [0.4, 0.5) is 13.2 Å². The van der Waals surface area contributed by atoms with Crippen molar-refractivity contribution >= 4 is 11.6 Å². The summed E-state index contributed by atoms with van der Waals surface area (Å²) >= 11 is 5.39. The second-order valence-corrected chi connectivity index (χ2v) is 3.24. The highest BCUT2D eigenvalue weighted by atomic mass is 35.5. The number of halogens is 4. The van der Waals surface area contributed by atoms with Crippen molar-refractivity contribution in [2.24, 2.45) is 0 Å². The first-order valence-corrected chi connectivity index (χ1v) is 5.25. The van der Waals surface area contributed by atoms with Crippen LogP contribution < -0.4 is 9.47 Å². The van der Waals surface area contributed by atoms with Crippen molar-refractivity contribution in [1.82, 2.24) is 0 Å². The maximum absolute atomic E-state index is 12.1. The Bertz CT molecular complexity index is 377. The highest BCUT2D eigenvalue weighted by Crippen LogP contribution is 2.31. The van der Waals surface area contributed by atoms with Gasteiger partial charge in [-0.15, -0.1) is 24.8 Å². The number of hydrogen-bond acceptors (Lipinski definition) is 2. The molecule has 94 valence electrons. The number of benzene rings is 1. The van der Waals surface area contributed by atoms with Gasteiger partial charge in [-0.3, -0.25) is 0 Å². The van der Waals surface area contributed by atoms with Crippen molar-refractivity contribution in [3.63, 3.8) is 0 Å². The lowest BCUT2D eigenvalue weighted by Crippen LogP contribution is -2.17. The zero-order chi connectivity index (χ0) is 12.7. The minimum atomic E-state index is -4.73. The van der Waals surface area contributed by atoms with E-state index >= 15 is 0 Å². The number of para-hydroxylation sites is 2. The number of allylic oxidation sites excluding steroid dienone is 1. The van der Waals surface area contributed by atoms with Crippen LogP contribution in [0.15, 0.2) is 36.4 Å². The SMILES string of the molecule is FC(F)(F)Oc1ccccc1OC/C=C/CCl. The van der Waals surface area contributed by atoms with Gasteiger partial charge in [-0.05, 0) is 12.1 Å². The molecule has 0 N–H and O–H groups in total. The minimum Gasteiger partial charge on any atom is -0.486 e. The van der Waals surface area contributed by atoms with E-state index in [0.717, 1.165) is 0 Å². The van der Waals surface area contributed by atoms with Gasteiger partial charge in [0.2, 0.25) is 0 Å². The molecule has 1 aromatic carbocycles. The van der Waals surface area contributed by atoms with Gasteiger partial charge in [0.1, 0.15) is 6.61 Å². The Morgan fingerprint density at radius 2 is 1.76 bits per heavy atom. The molecule has 0 amide bonds. The first kappa shape index (κ1) is 13.7. The van der Waals surface area contributed by atoms with Crippen LogP contribution in [-0.2, 0) is 0 Å². The van der Waals surface area contributed by atoms with Gasteiger partial charge >= 0.3 is 6.36 Å². The Hall–Kier alpha value is -1.36. The molecule has 0 bridgehead atoms. The maximum atomic E-state index is 12.1. The third kappa shape index (κ3) is 5.49. The lowest BCUT2D eigenvalue weighted by Gasteiger charge is -2.12. The quantitative estimate of drug-likeness (QED) is 0.597. The lowest BCUT2D eigenvalue weighted by molar-refractivity contribution is -0.275. The first-order valence-electron chi connectivity index (χ1n) is 4.71. The molecule has 6 heteroatoms. The molecule has 0 heterocycles. The standard InChI is InChI=1S/C11H10ClF3O2/c12-7-3-4-8-16-9-5-1-2-6-10(9)17-11(13,14)15/h1-6H,7-8H2/b4-3+. The zero-order valence-corrected chi connectivity index (χ0v) is 9.46. The first-order chi connectivity index (χ1) is 8.03. The van der Waals surface area contributed by atoms with Crippen LogP contribution >= 0.6 is 11.6 Å². The normalized spacial score (nSPS) is 11.8. The summed E-state index contributed by atoms with van der Waals surface area (Å²) in [7, 11) is 0. The average molecular weight is 267 g/mol. The van der Waals surface area contributed by atoms with Crippen LogP contribution in [0.2, 0.25) is 0 Å². The Morgan fingerprint density at radius 1 is 1.12 bits per heavy atom. The summed E-state index contributed by atoms with van der Waals surface area (Å²) in [5, 5.41) is 0. The Morgan fingerprint density at radius 3 is 2.35 bits per heavy atom. The molecule has 0 radical (unpaired) electrons. The molecule has 17 heavy (non-hydrogen) atoms. The molecule has 0 aromatic heterocycles. The fourth-order valence-corrected chi connectivity index (χ4v) is 1.17. The average Bonchev–Trinajstić information content (AvgIpc) is 2.24. The van der Waals surface area contributed by atoms with E-state index in [4.69, 9.17) is 16.3 Å². The van der Waals surface area contributed by atoms with E-state index in [2.05, 4.69) is 4.74 Å².